The topological polar surface area (TPSA) is 177 Å². The van der Waals surface area contributed by atoms with Crippen molar-refractivity contribution in [2.45, 2.75) is 174 Å². The molecule has 0 spiro atoms. The van der Waals surface area contributed by atoms with Crippen LogP contribution in [-0.4, -0.2) is 93.0 Å². The Hall–Kier alpha value is -3.89. The molecule has 2 heterocycles. The molecule has 348 valence electrons. The number of rotatable bonds is 23. The van der Waals surface area contributed by atoms with Gasteiger partial charge in [-0.1, -0.05) is 78.5 Å². The number of nitrogens with one attached hydrogen (secondary N) is 1. The van der Waals surface area contributed by atoms with Crippen molar-refractivity contribution in [3.8, 4) is 17.6 Å². The standard InChI is InChI=1S/C50H72N2O10S/c1-7-8-17-31(2)37(53)28-32(3)44-38(29-39-45(44)36-22-15-18-33(46(36)61-39)19-16-23-43(56)57)62-49(60)35-21-12-11-20-34(35)47(58)51-25-13-9-10-14-27-63-40-30-42(55)52(48(40)59)26-24-41(54)50(4,5)6/h15,18,22,31-32,34-35,37-40,44-45,53H,9-14,16-17,19-21,23-30H2,1-6H3,(H,51,58)(H,56,57)/t31-,32?,34+,35-,37+,38+,39-,40?,44-,45-/m0/s1. The van der Waals surface area contributed by atoms with Crippen LogP contribution in [0.5, 0.6) is 5.75 Å². The molecule has 2 aliphatic heterocycles. The third-order valence-electron chi connectivity index (χ3n) is 13.8. The molecular formula is C50H72N2O10S. The second kappa shape index (κ2) is 23.3. The molecule has 0 bridgehead atoms. The summed E-state index contributed by atoms with van der Waals surface area (Å²) >= 11 is 1.50. The normalized spacial score (nSPS) is 25.6. The van der Waals surface area contributed by atoms with Crippen LogP contribution in [0.4, 0.5) is 0 Å². The number of aryl methyl sites for hydroxylation is 1. The number of nitrogens with zero attached hydrogens (tertiary/aromatic N) is 1. The van der Waals surface area contributed by atoms with Crippen LogP contribution in [0.15, 0.2) is 18.2 Å². The zero-order chi connectivity index (χ0) is 45.8. The fourth-order valence-corrected chi connectivity index (χ4v) is 11.3. The van der Waals surface area contributed by atoms with Crippen LogP contribution in [0.1, 0.15) is 155 Å². The molecule has 3 N–H and O–H groups in total. The lowest BCUT2D eigenvalue weighted by Crippen LogP contribution is -2.42. The summed E-state index contributed by atoms with van der Waals surface area (Å²) < 4.78 is 13.1. The maximum absolute atomic E-state index is 14.2. The first-order chi connectivity index (χ1) is 30.0. The van der Waals surface area contributed by atoms with Crippen molar-refractivity contribution < 1.29 is 48.5 Å². The van der Waals surface area contributed by atoms with Gasteiger partial charge in [0.25, 0.3) is 0 Å². The van der Waals surface area contributed by atoms with E-state index in [1.807, 2.05) is 39.8 Å². The molecule has 13 heteroatoms. The van der Waals surface area contributed by atoms with E-state index in [1.165, 1.54) is 16.7 Å². The Morgan fingerprint density at radius 3 is 2.46 bits per heavy atom. The van der Waals surface area contributed by atoms with Gasteiger partial charge in [-0.2, -0.15) is 0 Å². The summed E-state index contributed by atoms with van der Waals surface area (Å²) in [6.45, 7) is 12.1. The van der Waals surface area contributed by atoms with Gasteiger partial charge >= 0.3 is 11.9 Å². The summed E-state index contributed by atoms with van der Waals surface area (Å²) in [6, 6.07) is 6.05. The number of carboxylic acid groups (broad SMARTS) is 1. The van der Waals surface area contributed by atoms with Crippen LogP contribution in [-0.2, 0) is 39.9 Å². The number of hydrogen-bond donors (Lipinski definition) is 3. The SMILES string of the molecule is CC#CC[C@H](C)[C@H](O)CC(C)[C@@H]1[C@H]2c3cccc(CCCC(=O)O)c3O[C@H]2C[C@H]1OC(=O)[C@H]1CCCC[C@H]1C(=O)NCCCCCCSC1CC(=O)N(CCC(=O)C(C)(C)C)C1=O. The molecule has 1 aromatic rings. The summed E-state index contributed by atoms with van der Waals surface area (Å²) in [7, 11) is 0. The molecule has 2 aliphatic carbocycles. The molecule has 0 radical (unpaired) electrons. The van der Waals surface area contributed by atoms with Crippen molar-refractivity contribution in [2.24, 2.45) is 35.0 Å². The van der Waals surface area contributed by atoms with E-state index in [-0.39, 0.29) is 85.1 Å². The average Bonchev–Trinajstić information content (AvgIpc) is 3.87. The molecule has 12 nitrogen and oxygen atoms in total. The summed E-state index contributed by atoms with van der Waals surface area (Å²) in [6.07, 6.45) is 8.27. The number of aliphatic carboxylic acids is 1. The average molecular weight is 893 g/mol. The third kappa shape index (κ3) is 13.3. The number of amides is 3. The minimum absolute atomic E-state index is 0.0241. The Balaban J connectivity index is 1.12. The van der Waals surface area contributed by atoms with Gasteiger partial charge < -0.3 is 25.0 Å². The molecule has 1 saturated heterocycles. The summed E-state index contributed by atoms with van der Waals surface area (Å²) in [5.74, 6) is 4.66. The van der Waals surface area contributed by atoms with Crippen molar-refractivity contribution in [1.29, 1.82) is 0 Å². The summed E-state index contributed by atoms with van der Waals surface area (Å²) in [5.41, 5.74) is 1.53. The predicted octanol–water partition coefficient (Wildman–Crippen LogP) is 7.66. The van der Waals surface area contributed by atoms with Gasteiger partial charge in [-0.05, 0) is 75.0 Å². The molecule has 10 atom stereocenters. The van der Waals surface area contributed by atoms with Gasteiger partial charge in [0, 0.05) is 68.0 Å². The minimum Gasteiger partial charge on any atom is -0.489 e. The number of para-hydroxylation sites is 1. The number of benzene rings is 1. The highest BCUT2D eigenvalue weighted by Gasteiger charge is 2.54. The first-order valence-corrected chi connectivity index (χ1v) is 24.6. The van der Waals surface area contributed by atoms with E-state index in [0.717, 1.165) is 61.2 Å². The fraction of sp³-hybridized carbons (Fsp3) is 0.720. The first kappa shape index (κ1) is 50.1. The van der Waals surface area contributed by atoms with Crippen LogP contribution in [0.3, 0.4) is 0 Å². The van der Waals surface area contributed by atoms with E-state index in [2.05, 4.69) is 30.1 Å². The number of likely N-dealkylation sites (tertiary alicyclic amines) is 1. The van der Waals surface area contributed by atoms with E-state index in [0.29, 0.717) is 51.5 Å². The Bertz CT molecular complexity index is 1850. The zero-order valence-electron chi connectivity index (χ0n) is 38.5. The lowest BCUT2D eigenvalue weighted by Gasteiger charge is -2.34. The van der Waals surface area contributed by atoms with Crippen molar-refractivity contribution in [3.05, 3.63) is 29.3 Å². The number of thioether (sulfide) groups is 1. The summed E-state index contributed by atoms with van der Waals surface area (Å²) in [5, 5.41) is 23.2. The second-order valence-corrected chi connectivity index (χ2v) is 20.8. The Labute approximate surface area is 379 Å². The lowest BCUT2D eigenvalue weighted by molar-refractivity contribution is -0.162. The molecule has 3 fully saturated rings. The number of fused-ring (bicyclic) bond motifs is 3. The Kier molecular flexibility index (Phi) is 18.6. The first-order valence-electron chi connectivity index (χ1n) is 23.6. The summed E-state index contributed by atoms with van der Waals surface area (Å²) in [4.78, 5) is 78.0. The minimum atomic E-state index is -0.829. The van der Waals surface area contributed by atoms with Crippen LogP contribution in [0, 0.1) is 46.8 Å². The zero-order valence-corrected chi connectivity index (χ0v) is 39.3. The largest absolute Gasteiger partial charge is 0.489 e. The van der Waals surface area contributed by atoms with Crippen molar-refractivity contribution in [3.63, 3.8) is 0 Å². The highest BCUT2D eigenvalue weighted by molar-refractivity contribution is 8.00. The van der Waals surface area contributed by atoms with Crippen molar-refractivity contribution in [2.75, 3.05) is 18.8 Å². The molecule has 5 rings (SSSR count). The molecule has 2 saturated carbocycles. The predicted molar refractivity (Wildman–Crippen MR) is 243 cm³/mol. The molecule has 4 aliphatic rings. The van der Waals surface area contributed by atoms with E-state index >= 15 is 0 Å². The molecule has 3 amide bonds. The number of ketones is 1. The third-order valence-corrected chi connectivity index (χ3v) is 15.1. The van der Waals surface area contributed by atoms with E-state index in [9.17, 15) is 39.0 Å². The number of carbonyl (C=O) groups is 6. The van der Waals surface area contributed by atoms with Gasteiger partial charge in [0.05, 0.1) is 23.2 Å². The van der Waals surface area contributed by atoms with Crippen molar-refractivity contribution >= 4 is 47.2 Å². The number of esters is 1. The smallest absolute Gasteiger partial charge is 0.310 e. The number of ether oxygens (including phenoxy) is 2. The van der Waals surface area contributed by atoms with Crippen LogP contribution in [0.25, 0.3) is 0 Å². The number of hydrogen-bond acceptors (Lipinski definition) is 10. The molecular weight excluding hydrogens is 821 g/mol. The van der Waals surface area contributed by atoms with Gasteiger partial charge in [-0.25, -0.2) is 0 Å². The van der Waals surface area contributed by atoms with Crippen LogP contribution < -0.4 is 10.1 Å². The quantitative estimate of drug-likeness (QED) is 0.0426. The van der Waals surface area contributed by atoms with Gasteiger partial charge in [-0.3, -0.25) is 33.7 Å². The van der Waals surface area contributed by atoms with Gasteiger partial charge in [-0.15, -0.1) is 23.6 Å². The number of aliphatic hydroxyl groups excluding tert-OH is 1. The maximum Gasteiger partial charge on any atom is 0.310 e. The number of unbranched alkanes of at least 4 members (excludes halogenated alkanes) is 3. The molecule has 0 aromatic heterocycles. The Morgan fingerprint density at radius 1 is 1.02 bits per heavy atom. The number of carbonyl (C=O) groups excluding carboxylic acids is 5. The monoisotopic (exact) mass is 892 g/mol. The van der Waals surface area contributed by atoms with Crippen molar-refractivity contribution in [1.82, 2.24) is 10.2 Å². The number of imide groups is 1. The number of carboxylic acids is 1. The van der Waals surface area contributed by atoms with Gasteiger partial charge in [0.2, 0.25) is 17.7 Å². The number of Topliss-reactive ketones (excluding diaryl/α,β-unsaturated/α-hetero) is 1. The van der Waals surface area contributed by atoms with Crippen LogP contribution in [0.2, 0.25) is 0 Å². The Morgan fingerprint density at radius 2 is 1.75 bits per heavy atom. The van der Waals surface area contributed by atoms with E-state index < -0.39 is 40.7 Å². The second-order valence-electron chi connectivity index (χ2n) is 19.5. The highest BCUT2D eigenvalue weighted by atomic mass is 32.2. The number of aliphatic hydroxyl groups is 1. The molecule has 63 heavy (non-hydrogen) atoms. The van der Waals surface area contributed by atoms with E-state index in [1.54, 1.807) is 6.92 Å². The fourth-order valence-electron chi connectivity index (χ4n) is 10.1. The lowest BCUT2D eigenvalue weighted by atomic mass is 9.76. The maximum atomic E-state index is 14.2. The van der Waals surface area contributed by atoms with Crippen LogP contribution >= 0.6 is 11.8 Å². The molecule has 2 unspecified atom stereocenters. The van der Waals surface area contributed by atoms with Gasteiger partial charge in [0.1, 0.15) is 23.7 Å². The van der Waals surface area contributed by atoms with Gasteiger partial charge in [0.15, 0.2) is 0 Å². The molecule has 1 aromatic carbocycles. The van der Waals surface area contributed by atoms with E-state index in [4.69, 9.17) is 9.47 Å². The highest BCUT2D eigenvalue weighted by Crippen LogP contribution is 2.55.